The summed E-state index contributed by atoms with van der Waals surface area (Å²) in [6, 6.07) is 8.62. The Bertz CT molecular complexity index is 873. The first-order valence-corrected chi connectivity index (χ1v) is 11.2. The van der Waals surface area contributed by atoms with Crippen LogP contribution in [0.5, 0.6) is 0 Å². The fraction of sp³-hybridized carbons (Fsp3) is 0.250. The molecule has 2 rings (SSSR count). The zero-order valence-electron chi connectivity index (χ0n) is 13.4. The number of amides is 1. The Morgan fingerprint density at radius 3 is 2.68 bits per heavy atom. The molecule has 1 aromatic heterocycles. The van der Waals surface area contributed by atoms with Gasteiger partial charge in [-0.05, 0) is 23.8 Å². The molecule has 0 atom stereocenters. The van der Waals surface area contributed by atoms with E-state index in [0.29, 0.717) is 22.8 Å². The SMILES string of the molecule is CS(=O)(=O)c1cc(C(=O)Nc2cccc(CSCCC(=O)O)c2)cs1. The average Bonchev–Trinajstić information content (AvgIpc) is 3.02. The summed E-state index contributed by atoms with van der Waals surface area (Å²) in [6.45, 7) is 0. The second kappa shape index (κ2) is 8.50. The number of carboxylic acid groups (broad SMARTS) is 1. The van der Waals surface area contributed by atoms with E-state index in [2.05, 4.69) is 5.32 Å². The molecule has 6 nitrogen and oxygen atoms in total. The third kappa shape index (κ3) is 6.18. The van der Waals surface area contributed by atoms with Crippen molar-refractivity contribution >= 4 is 50.5 Å². The van der Waals surface area contributed by atoms with Gasteiger partial charge in [0.05, 0.1) is 12.0 Å². The maximum Gasteiger partial charge on any atom is 0.304 e. The molecule has 0 aliphatic heterocycles. The zero-order chi connectivity index (χ0) is 18.4. The van der Waals surface area contributed by atoms with Crippen molar-refractivity contribution in [1.29, 1.82) is 0 Å². The average molecular weight is 400 g/mol. The maximum absolute atomic E-state index is 12.2. The number of carboxylic acids is 1. The van der Waals surface area contributed by atoms with Crippen LogP contribution in [0.25, 0.3) is 0 Å². The molecule has 1 heterocycles. The number of aliphatic carboxylic acids is 1. The molecule has 1 amide bonds. The van der Waals surface area contributed by atoms with Gasteiger partial charge in [-0.15, -0.1) is 11.3 Å². The topological polar surface area (TPSA) is 101 Å². The fourth-order valence-electron chi connectivity index (χ4n) is 1.92. The van der Waals surface area contributed by atoms with E-state index in [1.165, 1.54) is 23.2 Å². The van der Waals surface area contributed by atoms with Crippen molar-refractivity contribution in [2.75, 3.05) is 17.3 Å². The van der Waals surface area contributed by atoms with Crippen LogP contribution in [-0.2, 0) is 20.4 Å². The van der Waals surface area contributed by atoms with Crippen LogP contribution < -0.4 is 5.32 Å². The van der Waals surface area contributed by atoms with Gasteiger partial charge in [0.25, 0.3) is 5.91 Å². The number of rotatable bonds is 8. The number of sulfone groups is 1. The molecule has 1 aromatic carbocycles. The van der Waals surface area contributed by atoms with Crippen LogP contribution in [0.4, 0.5) is 5.69 Å². The summed E-state index contributed by atoms with van der Waals surface area (Å²) in [5.74, 6) is -0.0254. The van der Waals surface area contributed by atoms with Gasteiger partial charge in [-0.2, -0.15) is 11.8 Å². The third-order valence-electron chi connectivity index (χ3n) is 3.12. The molecule has 0 bridgehead atoms. The van der Waals surface area contributed by atoms with Crippen molar-refractivity contribution in [2.45, 2.75) is 16.4 Å². The fourth-order valence-corrected chi connectivity index (χ4v) is 4.60. The normalized spacial score (nSPS) is 11.2. The lowest BCUT2D eigenvalue weighted by Gasteiger charge is -2.06. The first-order valence-electron chi connectivity index (χ1n) is 7.24. The highest BCUT2D eigenvalue weighted by molar-refractivity contribution is 7.98. The van der Waals surface area contributed by atoms with Gasteiger partial charge in [0, 0.05) is 28.8 Å². The van der Waals surface area contributed by atoms with Crippen LogP contribution in [0, 0.1) is 0 Å². The molecule has 0 saturated heterocycles. The van der Waals surface area contributed by atoms with Crippen LogP contribution in [0.1, 0.15) is 22.3 Å². The van der Waals surface area contributed by atoms with E-state index in [-0.39, 0.29) is 16.5 Å². The quantitative estimate of drug-likeness (QED) is 0.662. The molecule has 0 aliphatic rings. The van der Waals surface area contributed by atoms with Crippen LogP contribution in [-0.4, -0.2) is 37.4 Å². The summed E-state index contributed by atoms with van der Waals surface area (Å²) in [4.78, 5) is 22.7. The van der Waals surface area contributed by atoms with Crippen LogP contribution in [0.2, 0.25) is 0 Å². The Morgan fingerprint density at radius 1 is 1.28 bits per heavy atom. The minimum absolute atomic E-state index is 0.113. The van der Waals surface area contributed by atoms with Crippen LogP contribution in [0.15, 0.2) is 39.9 Å². The number of carbonyl (C=O) groups is 2. The lowest BCUT2D eigenvalue weighted by molar-refractivity contribution is -0.136. The highest BCUT2D eigenvalue weighted by Crippen LogP contribution is 2.22. The van der Waals surface area contributed by atoms with E-state index in [0.717, 1.165) is 23.2 Å². The number of hydrogen-bond donors (Lipinski definition) is 2. The second-order valence-corrected chi connectivity index (χ2v) is 9.54. The van der Waals surface area contributed by atoms with Gasteiger partial charge in [0.2, 0.25) is 0 Å². The van der Waals surface area contributed by atoms with Crippen molar-refractivity contribution in [3.8, 4) is 0 Å². The number of hydrogen-bond acceptors (Lipinski definition) is 6. The Kier molecular flexibility index (Phi) is 6.63. The van der Waals surface area contributed by atoms with Gasteiger partial charge in [0.1, 0.15) is 4.21 Å². The van der Waals surface area contributed by atoms with Gasteiger partial charge in [-0.25, -0.2) is 8.42 Å². The summed E-state index contributed by atoms with van der Waals surface area (Å²) in [6.07, 6.45) is 1.22. The van der Waals surface area contributed by atoms with Crippen LogP contribution >= 0.6 is 23.1 Å². The first kappa shape index (κ1) is 19.5. The predicted molar refractivity (Wildman–Crippen MR) is 100 cm³/mol. The monoisotopic (exact) mass is 399 g/mol. The number of thioether (sulfide) groups is 1. The minimum atomic E-state index is -3.32. The molecule has 134 valence electrons. The maximum atomic E-state index is 12.2. The van der Waals surface area contributed by atoms with E-state index < -0.39 is 15.8 Å². The van der Waals surface area contributed by atoms with E-state index in [1.54, 1.807) is 12.1 Å². The molecule has 2 aromatic rings. The standard InChI is InChI=1S/C16H17NO5S3/c1-25(21,22)15-8-12(10-24-15)16(20)17-13-4-2-3-11(7-13)9-23-6-5-14(18)19/h2-4,7-8,10H,5-6,9H2,1H3,(H,17,20)(H,18,19). The van der Waals surface area contributed by atoms with Crippen molar-refractivity contribution in [1.82, 2.24) is 0 Å². The Morgan fingerprint density at radius 2 is 2.04 bits per heavy atom. The van der Waals surface area contributed by atoms with Crippen LogP contribution in [0.3, 0.4) is 0 Å². The van der Waals surface area contributed by atoms with Gasteiger partial charge >= 0.3 is 5.97 Å². The predicted octanol–water partition coefficient (Wildman–Crippen LogP) is 3.11. The molecular formula is C16H17NO5S3. The third-order valence-corrected chi connectivity index (χ3v) is 6.91. The zero-order valence-corrected chi connectivity index (χ0v) is 15.8. The molecule has 25 heavy (non-hydrogen) atoms. The van der Waals surface area contributed by atoms with Crippen molar-refractivity contribution < 1.29 is 23.1 Å². The molecule has 0 radical (unpaired) electrons. The Hall–Kier alpha value is -1.84. The number of nitrogens with one attached hydrogen (secondary N) is 1. The molecule has 0 fully saturated rings. The number of carbonyl (C=O) groups excluding carboxylic acids is 1. The minimum Gasteiger partial charge on any atom is -0.481 e. The van der Waals surface area contributed by atoms with E-state index in [4.69, 9.17) is 5.11 Å². The smallest absolute Gasteiger partial charge is 0.304 e. The molecular weight excluding hydrogens is 382 g/mol. The Balaban J connectivity index is 1.98. The highest BCUT2D eigenvalue weighted by atomic mass is 32.2. The number of thiophene rings is 1. The molecule has 9 heteroatoms. The second-order valence-electron chi connectivity index (χ2n) is 5.28. The summed E-state index contributed by atoms with van der Waals surface area (Å²) < 4.78 is 23.1. The molecule has 0 saturated carbocycles. The summed E-state index contributed by atoms with van der Waals surface area (Å²) in [7, 11) is -3.32. The number of anilines is 1. The summed E-state index contributed by atoms with van der Waals surface area (Å²) in [5.41, 5.74) is 1.87. The summed E-state index contributed by atoms with van der Waals surface area (Å²) >= 11 is 2.52. The van der Waals surface area contributed by atoms with Crippen molar-refractivity contribution in [3.63, 3.8) is 0 Å². The lowest BCUT2D eigenvalue weighted by Crippen LogP contribution is -2.11. The summed E-state index contributed by atoms with van der Waals surface area (Å²) in [5, 5.41) is 12.9. The highest BCUT2D eigenvalue weighted by Gasteiger charge is 2.15. The largest absolute Gasteiger partial charge is 0.481 e. The van der Waals surface area contributed by atoms with E-state index in [1.807, 2.05) is 12.1 Å². The van der Waals surface area contributed by atoms with Crippen molar-refractivity contribution in [2.24, 2.45) is 0 Å². The van der Waals surface area contributed by atoms with Crippen molar-refractivity contribution in [3.05, 3.63) is 46.8 Å². The molecule has 0 unspecified atom stereocenters. The molecule has 0 spiro atoms. The molecule has 2 N–H and O–H groups in total. The van der Waals surface area contributed by atoms with Gasteiger partial charge in [-0.3, -0.25) is 9.59 Å². The van der Waals surface area contributed by atoms with Gasteiger partial charge < -0.3 is 10.4 Å². The lowest BCUT2D eigenvalue weighted by atomic mass is 10.2. The first-order chi connectivity index (χ1) is 11.8. The number of benzene rings is 1. The van der Waals surface area contributed by atoms with E-state index in [9.17, 15) is 18.0 Å². The van der Waals surface area contributed by atoms with E-state index >= 15 is 0 Å². The molecule has 0 aliphatic carbocycles. The Labute approximate surface area is 154 Å². The van der Waals surface area contributed by atoms with Gasteiger partial charge in [-0.1, -0.05) is 12.1 Å². The van der Waals surface area contributed by atoms with Gasteiger partial charge in [0.15, 0.2) is 9.84 Å².